The molecule has 2 aromatic rings. The molecule has 2 N–H and O–H groups in total. The summed E-state index contributed by atoms with van der Waals surface area (Å²) < 4.78 is 28.3. The smallest absolute Gasteiger partial charge is 0.257 e. The second-order valence-electron chi connectivity index (χ2n) is 4.29. The van der Waals surface area contributed by atoms with Crippen molar-refractivity contribution < 1.29 is 8.42 Å². The molecule has 0 atom stereocenters. The fraction of sp³-hybridized carbons (Fsp3) is 0.455. The van der Waals surface area contributed by atoms with Gasteiger partial charge in [0, 0.05) is 25.4 Å². The maximum atomic E-state index is 12.0. The van der Waals surface area contributed by atoms with Crippen molar-refractivity contribution in [3.63, 3.8) is 0 Å². The highest BCUT2D eigenvalue weighted by Gasteiger charge is 2.17. The number of nitrogens with one attached hydrogen (secondary N) is 2. The zero-order valence-corrected chi connectivity index (χ0v) is 12.0. The highest BCUT2D eigenvalue weighted by atomic mass is 32.2. The molecule has 104 valence electrons. The van der Waals surface area contributed by atoms with E-state index in [0.717, 1.165) is 17.7 Å². The van der Waals surface area contributed by atoms with E-state index in [2.05, 4.69) is 19.8 Å². The summed E-state index contributed by atoms with van der Waals surface area (Å²) >= 11 is 0. The third-order valence-electron chi connectivity index (χ3n) is 2.75. The van der Waals surface area contributed by atoms with Crippen molar-refractivity contribution in [2.24, 2.45) is 7.05 Å². The van der Waals surface area contributed by atoms with Gasteiger partial charge >= 0.3 is 0 Å². The Morgan fingerprint density at radius 1 is 1.47 bits per heavy atom. The summed E-state index contributed by atoms with van der Waals surface area (Å²) in [5, 5.41) is 4.34. The normalized spacial score (nSPS) is 11.9. The maximum Gasteiger partial charge on any atom is 0.257 e. The van der Waals surface area contributed by atoms with Gasteiger partial charge in [-0.25, -0.2) is 18.1 Å². The van der Waals surface area contributed by atoms with E-state index >= 15 is 0 Å². The lowest BCUT2D eigenvalue weighted by molar-refractivity contribution is 0.577. The minimum absolute atomic E-state index is 0.0759. The molecule has 0 saturated carbocycles. The molecule has 0 saturated heterocycles. The summed E-state index contributed by atoms with van der Waals surface area (Å²) in [6.45, 7) is 3.91. The molecule has 0 unspecified atom stereocenters. The standard InChI is InChI=1S/C11H17N5O2S/c1-4-10-9(7-16(3)15-10)5-13-19(17,18)11-6-12-8(2)14-11/h6-7,13H,4-5H2,1-3H3,(H,12,14). The van der Waals surface area contributed by atoms with Crippen molar-refractivity contribution in [1.29, 1.82) is 0 Å². The number of hydrogen-bond donors (Lipinski definition) is 2. The Balaban J connectivity index is 2.13. The van der Waals surface area contributed by atoms with E-state index in [0.29, 0.717) is 5.82 Å². The van der Waals surface area contributed by atoms with Crippen molar-refractivity contribution in [1.82, 2.24) is 24.5 Å². The quantitative estimate of drug-likeness (QED) is 0.835. The predicted octanol–water partition coefficient (Wildman–Crippen LogP) is 0.493. The van der Waals surface area contributed by atoms with Crippen molar-refractivity contribution in [2.75, 3.05) is 0 Å². The van der Waals surface area contributed by atoms with Crippen LogP contribution >= 0.6 is 0 Å². The molecule has 2 aromatic heterocycles. The van der Waals surface area contributed by atoms with Crippen LogP contribution in [-0.2, 0) is 30.0 Å². The summed E-state index contributed by atoms with van der Waals surface area (Å²) in [6.07, 6.45) is 3.89. The first-order chi connectivity index (χ1) is 8.92. The number of sulfonamides is 1. The third-order valence-corrected chi connectivity index (χ3v) is 4.06. The minimum atomic E-state index is -3.56. The fourth-order valence-corrected chi connectivity index (χ4v) is 2.79. The zero-order chi connectivity index (χ0) is 14.0. The largest absolute Gasteiger partial charge is 0.332 e. The molecule has 0 aliphatic carbocycles. The zero-order valence-electron chi connectivity index (χ0n) is 11.1. The number of aromatic nitrogens is 4. The van der Waals surface area contributed by atoms with E-state index in [1.165, 1.54) is 6.20 Å². The lowest BCUT2D eigenvalue weighted by atomic mass is 10.2. The van der Waals surface area contributed by atoms with Gasteiger partial charge in [0.25, 0.3) is 10.0 Å². The van der Waals surface area contributed by atoms with Gasteiger partial charge in [-0.15, -0.1) is 0 Å². The van der Waals surface area contributed by atoms with Gasteiger partial charge in [0.05, 0.1) is 11.9 Å². The number of nitrogens with zero attached hydrogens (tertiary/aromatic N) is 3. The van der Waals surface area contributed by atoms with Crippen LogP contribution in [0.5, 0.6) is 0 Å². The Bertz CT molecular complexity index is 671. The van der Waals surface area contributed by atoms with Crippen molar-refractivity contribution in [2.45, 2.75) is 31.8 Å². The summed E-state index contributed by atoms with van der Waals surface area (Å²) in [6, 6.07) is 0. The van der Waals surface area contributed by atoms with E-state index in [-0.39, 0.29) is 11.6 Å². The van der Waals surface area contributed by atoms with Crippen LogP contribution in [-0.4, -0.2) is 28.2 Å². The van der Waals surface area contributed by atoms with Crippen LogP contribution in [0.3, 0.4) is 0 Å². The van der Waals surface area contributed by atoms with Gasteiger partial charge in [0.1, 0.15) is 5.82 Å². The van der Waals surface area contributed by atoms with Gasteiger partial charge in [-0.1, -0.05) is 6.92 Å². The van der Waals surface area contributed by atoms with Crippen LogP contribution < -0.4 is 4.72 Å². The Labute approximate surface area is 112 Å². The van der Waals surface area contributed by atoms with Crippen LogP contribution in [0.1, 0.15) is 24.0 Å². The molecule has 7 nitrogen and oxygen atoms in total. The van der Waals surface area contributed by atoms with Crippen LogP contribution in [0.2, 0.25) is 0 Å². The van der Waals surface area contributed by atoms with Gasteiger partial charge in [0.2, 0.25) is 0 Å². The molecule has 0 amide bonds. The molecular weight excluding hydrogens is 266 g/mol. The Morgan fingerprint density at radius 3 is 2.79 bits per heavy atom. The second-order valence-corrected chi connectivity index (χ2v) is 6.02. The van der Waals surface area contributed by atoms with Crippen LogP contribution in [0.4, 0.5) is 0 Å². The Hall–Kier alpha value is -1.67. The number of aromatic amines is 1. The molecule has 0 radical (unpaired) electrons. The monoisotopic (exact) mass is 283 g/mol. The topological polar surface area (TPSA) is 92.7 Å². The Kier molecular flexibility index (Phi) is 3.72. The highest BCUT2D eigenvalue weighted by Crippen LogP contribution is 2.10. The van der Waals surface area contributed by atoms with Gasteiger partial charge in [-0.3, -0.25) is 4.68 Å². The maximum absolute atomic E-state index is 12.0. The second kappa shape index (κ2) is 5.14. The molecule has 0 bridgehead atoms. The molecule has 2 heterocycles. The van der Waals surface area contributed by atoms with E-state index in [1.807, 2.05) is 20.2 Å². The predicted molar refractivity (Wildman–Crippen MR) is 69.9 cm³/mol. The van der Waals surface area contributed by atoms with E-state index < -0.39 is 10.0 Å². The summed E-state index contributed by atoms with van der Waals surface area (Å²) in [4.78, 5) is 6.59. The average Bonchev–Trinajstić information content (AvgIpc) is 2.93. The van der Waals surface area contributed by atoms with Crippen molar-refractivity contribution >= 4 is 10.0 Å². The highest BCUT2D eigenvalue weighted by molar-refractivity contribution is 7.89. The summed E-state index contributed by atoms with van der Waals surface area (Å²) in [5.41, 5.74) is 1.77. The molecule has 0 fully saturated rings. The first-order valence-electron chi connectivity index (χ1n) is 5.95. The fourth-order valence-electron chi connectivity index (χ4n) is 1.81. The van der Waals surface area contributed by atoms with E-state index in [1.54, 1.807) is 11.6 Å². The van der Waals surface area contributed by atoms with Crippen molar-refractivity contribution in [3.05, 3.63) is 29.5 Å². The first kappa shape index (κ1) is 13.8. The molecule has 0 aliphatic rings. The van der Waals surface area contributed by atoms with Crippen LogP contribution in [0.15, 0.2) is 17.4 Å². The molecule has 8 heteroatoms. The summed E-state index contributed by atoms with van der Waals surface area (Å²) in [5.74, 6) is 0.566. The van der Waals surface area contributed by atoms with Crippen molar-refractivity contribution in [3.8, 4) is 0 Å². The van der Waals surface area contributed by atoms with Gasteiger partial charge in [-0.2, -0.15) is 5.10 Å². The lowest BCUT2D eigenvalue weighted by Crippen LogP contribution is -2.23. The molecule has 0 aromatic carbocycles. The minimum Gasteiger partial charge on any atom is -0.332 e. The average molecular weight is 283 g/mol. The van der Waals surface area contributed by atoms with E-state index in [9.17, 15) is 8.42 Å². The van der Waals surface area contributed by atoms with Gasteiger partial charge in [0.15, 0.2) is 5.03 Å². The van der Waals surface area contributed by atoms with Gasteiger partial charge in [-0.05, 0) is 13.3 Å². The first-order valence-corrected chi connectivity index (χ1v) is 7.43. The molecule has 0 spiro atoms. The summed E-state index contributed by atoms with van der Waals surface area (Å²) in [7, 11) is -1.74. The lowest BCUT2D eigenvalue weighted by Gasteiger charge is -2.04. The molecule has 19 heavy (non-hydrogen) atoms. The number of H-pyrrole nitrogens is 1. The number of hydrogen-bond acceptors (Lipinski definition) is 4. The number of imidazole rings is 1. The molecule has 2 rings (SSSR count). The van der Waals surface area contributed by atoms with Crippen LogP contribution in [0.25, 0.3) is 0 Å². The molecule has 0 aliphatic heterocycles. The number of rotatable bonds is 5. The third kappa shape index (κ3) is 3.02. The van der Waals surface area contributed by atoms with Gasteiger partial charge < -0.3 is 4.98 Å². The SMILES string of the molecule is CCc1nn(C)cc1CNS(=O)(=O)c1cnc(C)[nH]1. The molecular formula is C11H17N5O2S. The number of aryl methyl sites for hydroxylation is 3. The van der Waals surface area contributed by atoms with E-state index in [4.69, 9.17) is 0 Å². The van der Waals surface area contributed by atoms with Crippen LogP contribution in [0, 0.1) is 6.92 Å². The Morgan fingerprint density at radius 2 is 2.21 bits per heavy atom.